The second kappa shape index (κ2) is 7.68. The van der Waals surface area contributed by atoms with Gasteiger partial charge in [-0.25, -0.2) is 0 Å². The lowest BCUT2D eigenvalue weighted by atomic mass is 10.0. The number of anilines is 1. The molecule has 0 spiro atoms. The van der Waals surface area contributed by atoms with Gasteiger partial charge in [0.15, 0.2) is 0 Å². The maximum Gasteiger partial charge on any atom is 0.313 e. The first-order chi connectivity index (χ1) is 12.8. The molecule has 0 saturated carbocycles. The topological polar surface area (TPSA) is 78.4 Å². The molecule has 0 aliphatic rings. The van der Waals surface area contributed by atoms with Crippen molar-refractivity contribution in [3.8, 4) is 0 Å². The SMILES string of the molecule is Cc1ccc(NC(=O)C(=O)NCC(C)(O)c2cc3ccccc3s2)cc1Cl. The van der Waals surface area contributed by atoms with E-state index in [1.807, 2.05) is 37.3 Å². The highest BCUT2D eigenvalue weighted by Crippen LogP contribution is 2.32. The van der Waals surface area contributed by atoms with Gasteiger partial charge in [-0.3, -0.25) is 9.59 Å². The molecule has 1 unspecified atom stereocenters. The third-order valence-corrected chi connectivity index (χ3v) is 5.96. The second-order valence-electron chi connectivity index (χ2n) is 6.52. The Morgan fingerprint density at radius 1 is 1.15 bits per heavy atom. The van der Waals surface area contributed by atoms with Crippen molar-refractivity contribution in [1.29, 1.82) is 0 Å². The maximum absolute atomic E-state index is 12.1. The maximum atomic E-state index is 12.1. The van der Waals surface area contributed by atoms with Crippen LogP contribution in [0, 0.1) is 6.92 Å². The van der Waals surface area contributed by atoms with Crippen LogP contribution in [0.3, 0.4) is 0 Å². The Morgan fingerprint density at radius 2 is 1.89 bits per heavy atom. The van der Waals surface area contributed by atoms with Crippen LogP contribution in [0.1, 0.15) is 17.4 Å². The Morgan fingerprint density at radius 3 is 2.59 bits per heavy atom. The highest BCUT2D eigenvalue weighted by molar-refractivity contribution is 7.19. The Labute approximate surface area is 166 Å². The van der Waals surface area contributed by atoms with E-state index in [1.165, 1.54) is 11.3 Å². The number of carbonyl (C=O) groups is 2. The van der Waals surface area contributed by atoms with Gasteiger partial charge in [0.2, 0.25) is 0 Å². The highest BCUT2D eigenvalue weighted by Gasteiger charge is 2.27. The normalized spacial score (nSPS) is 13.2. The van der Waals surface area contributed by atoms with Gasteiger partial charge in [-0.05, 0) is 49.1 Å². The predicted molar refractivity (Wildman–Crippen MR) is 109 cm³/mol. The van der Waals surface area contributed by atoms with Crippen LogP contribution in [0.4, 0.5) is 5.69 Å². The minimum absolute atomic E-state index is 0.0826. The van der Waals surface area contributed by atoms with Gasteiger partial charge in [-0.2, -0.15) is 0 Å². The summed E-state index contributed by atoms with van der Waals surface area (Å²) in [5, 5.41) is 17.2. The van der Waals surface area contributed by atoms with E-state index in [2.05, 4.69) is 10.6 Å². The molecule has 5 nitrogen and oxygen atoms in total. The third kappa shape index (κ3) is 4.47. The van der Waals surface area contributed by atoms with Crippen LogP contribution in [0.25, 0.3) is 10.1 Å². The van der Waals surface area contributed by atoms with Gasteiger partial charge >= 0.3 is 11.8 Å². The van der Waals surface area contributed by atoms with Crippen LogP contribution in [-0.2, 0) is 15.2 Å². The zero-order chi connectivity index (χ0) is 19.6. The summed E-state index contributed by atoms with van der Waals surface area (Å²) in [6, 6.07) is 14.7. The molecular formula is C20H19ClN2O3S. The lowest BCUT2D eigenvalue weighted by Crippen LogP contribution is -2.42. The molecule has 1 heterocycles. The lowest BCUT2D eigenvalue weighted by Gasteiger charge is -2.22. The summed E-state index contributed by atoms with van der Waals surface area (Å²) in [7, 11) is 0. The molecule has 2 aromatic carbocycles. The first-order valence-electron chi connectivity index (χ1n) is 8.33. The summed E-state index contributed by atoms with van der Waals surface area (Å²) in [4.78, 5) is 24.9. The molecule has 0 radical (unpaired) electrons. The van der Waals surface area contributed by atoms with Gasteiger partial charge in [-0.15, -0.1) is 11.3 Å². The lowest BCUT2D eigenvalue weighted by molar-refractivity contribution is -0.136. The largest absolute Gasteiger partial charge is 0.383 e. The molecule has 1 atom stereocenters. The first kappa shape index (κ1) is 19.4. The number of rotatable bonds is 4. The van der Waals surface area contributed by atoms with Gasteiger partial charge in [0.1, 0.15) is 5.60 Å². The fourth-order valence-electron chi connectivity index (χ4n) is 2.53. The molecule has 0 saturated heterocycles. The van der Waals surface area contributed by atoms with Gasteiger partial charge in [0, 0.05) is 20.3 Å². The van der Waals surface area contributed by atoms with Crippen LogP contribution < -0.4 is 10.6 Å². The standard InChI is InChI=1S/C20H19ClN2O3S/c1-12-7-8-14(10-15(12)21)23-19(25)18(24)22-11-20(2,26)17-9-13-5-3-4-6-16(13)27-17/h3-10,26H,11H2,1-2H3,(H,22,24)(H,23,25). The molecule has 0 bridgehead atoms. The Bertz CT molecular complexity index is 980. The molecule has 140 valence electrons. The summed E-state index contributed by atoms with van der Waals surface area (Å²) >= 11 is 7.47. The zero-order valence-electron chi connectivity index (χ0n) is 14.9. The fourth-order valence-corrected chi connectivity index (χ4v) is 3.81. The molecule has 0 aliphatic heterocycles. The van der Waals surface area contributed by atoms with Crippen LogP contribution in [0.2, 0.25) is 5.02 Å². The number of hydrogen-bond donors (Lipinski definition) is 3. The number of aryl methyl sites for hydroxylation is 1. The molecular weight excluding hydrogens is 384 g/mol. The van der Waals surface area contributed by atoms with Crippen molar-refractivity contribution >= 4 is 50.5 Å². The van der Waals surface area contributed by atoms with Crippen molar-refractivity contribution < 1.29 is 14.7 Å². The third-order valence-electron chi connectivity index (χ3n) is 4.19. The van der Waals surface area contributed by atoms with E-state index < -0.39 is 17.4 Å². The van der Waals surface area contributed by atoms with Crippen LogP contribution in [-0.4, -0.2) is 23.5 Å². The van der Waals surface area contributed by atoms with E-state index >= 15 is 0 Å². The van der Waals surface area contributed by atoms with Crippen molar-refractivity contribution in [3.05, 3.63) is 64.0 Å². The van der Waals surface area contributed by atoms with Crippen LogP contribution >= 0.6 is 22.9 Å². The van der Waals surface area contributed by atoms with Crippen molar-refractivity contribution in [2.24, 2.45) is 0 Å². The molecule has 3 N–H and O–H groups in total. The fraction of sp³-hybridized carbons (Fsp3) is 0.200. The monoisotopic (exact) mass is 402 g/mol. The van der Waals surface area contributed by atoms with Crippen LogP contribution in [0.15, 0.2) is 48.5 Å². The van der Waals surface area contributed by atoms with Crippen molar-refractivity contribution in [2.75, 3.05) is 11.9 Å². The Hall–Kier alpha value is -2.41. The number of nitrogens with one attached hydrogen (secondary N) is 2. The first-order valence-corrected chi connectivity index (χ1v) is 9.52. The quantitative estimate of drug-likeness (QED) is 0.580. The van der Waals surface area contributed by atoms with E-state index in [-0.39, 0.29) is 6.54 Å². The van der Waals surface area contributed by atoms with Crippen molar-refractivity contribution in [2.45, 2.75) is 19.4 Å². The number of carbonyl (C=O) groups excluding carboxylic acids is 2. The molecule has 3 rings (SSSR count). The van der Waals surface area contributed by atoms with Crippen molar-refractivity contribution in [1.82, 2.24) is 5.32 Å². The highest BCUT2D eigenvalue weighted by atomic mass is 35.5. The Balaban J connectivity index is 1.62. The molecule has 0 aliphatic carbocycles. The Kier molecular flexibility index (Phi) is 5.51. The van der Waals surface area contributed by atoms with Gasteiger partial charge in [0.25, 0.3) is 0 Å². The molecule has 7 heteroatoms. The number of hydrogen-bond acceptors (Lipinski definition) is 4. The molecule has 3 aromatic rings. The molecule has 0 fully saturated rings. The van der Waals surface area contributed by atoms with E-state index in [0.717, 1.165) is 20.5 Å². The predicted octanol–water partition coefficient (Wildman–Crippen LogP) is 3.83. The summed E-state index contributed by atoms with van der Waals surface area (Å²) in [5.41, 5.74) is 0.0211. The molecule has 1 aromatic heterocycles. The average Bonchev–Trinajstić information content (AvgIpc) is 3.08. The average molecular weight is 403 g/mol. The van der Waals surface area contributed by atoms with E-state index in [9.17, 15) is 14.7 Å². The summed E-state index contributed by atoms with van der Waals surface area (Å²) in [5.74, 6) is -1.64. The van der Waals surface area contributed by atoms with Crippen molar-refractivity contribution in [3.63, 3.8) is 0 Å². The van der Waals surface area contributed by atoms with Gasteiger partial charge < -0.3 is 15.7 Å². The van der Waals surface area contributed by atoms with Crippen LogP contribution in [0.5, 0.6) is 0 Å². The number of fused-ring (bicyclic) bond motifs is 1. The molecule has 2 amide bonds. The number of aliphatic hydroxyl groups is 1. The smallest absolute Gasteiger partial charge is 0.313 e. The number of halogens is 1. The van der Waals surface area contributed by atoms with Gasteiger partial charge in [0.05, 0.1) is 6.54 Å². The summed E-state index contributed by atoms with van der Waals surface area (Å²) in [6.45, 7) is 3.37. The number of amides is 2. The zero-order valence-corrected chi connectivity index (χ0v) is 16.4. The van der Waals surface area contributed by atoms with Gasteiger partial charge in [-0.1, -0.05) is 35.9 Å². The number of thiophene rings is 1. The van der Waals surface area contributed by atoms with E-state index in [1.54, 1.807) is 25.1 Å². The summed E-state index contributed by atoms with van der Waals surface area (Å²) < 4.78 is 1.05. The summed E-state index contributed by atoms with van der Waals surface area (Å²) in [6.07, 6.45) is 0. The van der Waals surface area contributed by atoms with E-state index in [0.29, 0.717) is 10.7 Å². The molecule has 27 heavy (non-hydrogen) atoms. The van der Waals surface area contributed by atoms with E-state index in [4.69, 9.17) is 11.6 Å². The minimum Gasteiger partial charge on any atom is -0.383 e. The minimum atomic E-state index is -1.28. The second-order valence-corrected chi connectivity index (χ2v) is 8.01. The number of benzene rings is 2.